The van der Waals surface area contributed by atoms with Crippen LogP contribution < -0.4 is 20.4 Å². The lowest BCUT2D eigenvalue weighted by molar-refractivity contribution is -0.121. The van der Waals surface area contributed by atoms with Gasteiger partial charge < -0.3 is 24.3 Å². The smallest absolute Gasteiger partial charge is 0.340 e. The zero-order valence-corrected chi connectivity index (χ0v) is 19.6. The number of ether oxygens (including phenoxy) is 2. The number of amides is 1. The number of hydrogen-bond acceptors (Lipinski definition) is 7. The Hall–Kier alpha value is -2.19. The number of methoxy groups -OCH3 is 1. The molecule has 0 fully saturated rings. The monoisotopic (exact) mass is 449 g/mol. The van der Waals surface area contributed by atoms with Crippen molar-refractivity contribution in [3.8, 4) is 11.5 Å². The molecule has 7 nitrogen and oxygen atoms in total. The third-order valence-corrected chi connectivity index (χ3v) is 6.40. The van der Waals surface area contributed by atoms with Gasteiger partial charge in [-0.15, -0.1) is 0 Å². The van der Waals surface area contributed by atoms with E-state index in [0.29, 0.717) is 40.0 Å². The van der Waals surface area contributed by atoms with Crippen LogP contribution in [0.1, 0.15) is 43.4 Å². The molecule has 2 aromatic rings. The van der Waals surface area contributed by atoms with Crippen LogP contribution in [0.2, 0.25) is 0 Å². The van der Waals surface area contributed by atoms with Crippen molar-refractivity contribution < 1.29 is 23.8 Å². The molecule has 0 spiro atoms. The second-order valence-corrected chi connectivity index (χ2v) is 9.51. The second kappa shape index (κ2) is 9.53. The molecule has 3 rings (SSSR count). The maximum atomic E-state index is 12.8. The lowest BCUT2D eigenvalue weighted by atomic mass is 9.91. The summed E-state index contributed by atoms with van der Waals surface area (Å²) in [5, 5.41) is 13.0. The first-order chi connectivity index (χ1) is 14.7. The topological polar surface area (TPSA) is 98.0 Å². The number of aliphatic hydroxyl groups excluding tert-OH is 1. The molecule has 31 heavy (non-hydrogen) atoms. The van der Waals surface area contributed by atoms with E-state index in [1.165, 1.54) is 0 Å². The molecular formula is C23H31NO6S. The number of fused-ring (bicyclic) bond motifs is 3. The number of carbonyl (C=O) groups is 1. The predicted octanol–water partition coefficient (Wildman–Crippen LogP) is 2.99. The molecular weight excluding hydrogens is 418 g/mol. The summed E-state index contributed by atoms with van der Waals surface area (Å²) < 4.78 is 17.4. The normalized spacial score (nSPS) is 15.8. The SMILES string of the molecule is COc1cc2c(c3oc(=O)c(CC(=O)NC(CO)CCSC)c(C)c13)CCC(C)(C)O2. The van der Waals surface area contributed by atoms with Crippen LogP contribution in [0, 0.1) is 6.92 Å². The van der Waals surface area contributed by atoms with Crippen molar-refractivity contribution in [3.05, 3.63) is 33.2 Å². The number of aryl methyl sites for hydroxylation is 2. The van der Waals surface area contributed by atoms with Gasteiger partial charge in [-0.05, 0) is 57.6 Å². The van der Waals surface area contributed by atoms with Crippen molar-refractivity contribution in [3.63, 3.8) is 0 Å². The number of nitrogens with one attached hydrogen (secondary N) is 1. The maximum Gasteiger partial charge on any atom is 0.340 e. The Morgan fingerprint density at radius 2 is 2.16 bits per heavy atom. The largest absolute Gasteiger partial charge is 0.496 e. The highest BCUT2D eigenvalue weighted by Gasteiger charge is 2.31. The third-order valence-electron chi connectivity index (χ3n) is 5.75. The van der Waals surface area contributed by atoms with Gasteiger partial charge in [0.05, 0.1) is 37.1 Å². The van der Waals surface area contributed by atoms with E-state index in [1.54, 1.807) is 18.9 Å². The summed E-state index contributed by atoms with van der Waals surface area (Å²) in [7, 11) is 1.56. The van der Waals surface area contributed by atoms with Gasteiger partial charge in [-0.2, -0.15) is 11.8 Å². The molecule has 170 valence electrons. The van der Waals surface area contributed by atoms with Crippen molar-refractivity contribution in [1.29, 1.82) is 0 Å². The van der Waals surface area contributed by atoms with Gasteiger partial charge in [-0.1, -0.05) is 0 Å². The van der Waals surface area contributed by atoms with Gasteiger partial charge in [-0.3, -0.25) is 4.79 Å². The van der Waals surface area contributed by atoms with Gasteiger partial charge in [0.1, 0.15) is 22.7 Å². The van der Waals surface area contributed by atoms with Crippen LogP contribution in [-0.4, -0.2) is 48.4 Å². The first-order valence-electron chi connectivity index (χ1n) is 10.4. The average Bonchev–Trinajstić information content (AvgIpc) is 2.72. The van der Waals surface area contributed by atoms with Gasteiger partial charge in [0.25, 0.3) is 0 Å². The molecule has 2 N–H and O–H groups in total. The fourth-order valence-electron chi connectivity index (χ4n) is 3.96. The third kappa shape index (κ3) is 5.01. The zero-order valence-electron chi connectivity index (χ0n) is 18.8. The Morgan fingerprint density at radius 3 is 2.81 bits per heavy atom. The molecule has 0 saturated carbocycles. The average molecular weight is 450 g/mol. The molecule has 1 aliphatic rings. The predicted molar refractivity (Wildman–Crippen MR) is 123 cm³/mol. The van der Waals surface area contributed by atoms with Crippen molar-refractivity contribution in [1.82, 2.24) is 5.32 Å². The molecule has 1 atom stereocenters. The summed E-state index contributed by atoms with van der Waals surface area (Å²) in [6, 6.07) is 1.49. The minimum Gasteiger partial charge on any atom is -0.496 e. The van der Waals surface area contributed by atoms with Crippen molar-refractivity contribution in [2.24, 2.45) is 0 Å². The summed E-state index contributed by atoms with van der Waals surface area (Å²) in [6.07, 6.45) is 4.03. The first-order valence-corrected chi connectivity index (χ1v) is 11.8. The number of hydrogen-bond donors (Lipinski definition) is 2. The van der Waals surface area contributed by atoms with Gasteiger partial charge in [0.2, 0.25) is 5.91 Å². The van der Waals surface area contributed by atoms with E-state index in [0.717, 1.165) is 24.2 Å². The van der Waals surface area contributed by atoms with E-state index in [-0.39, 0.29) is 30.6 Å². The summed E-state index contributed by atoms with van der Waals surface area (Å²) in [4.78, 5) is 25.4. The van der Waals surface area contributed by atoms with Crippen molar-refractivity contribution >= 4 is 28.6 Å². The van der Waals surface area contributed by atoms with Crippen LogP contribution in [0.3, 0.4) is 0 Å². The quantitative estimate of drug-likeness (QED) is 0.598. The van der Waals surface area contributed by atoms with E-state index < -0.39 is 5.63 Å². The number of benzene rings is 1. The number of aliphatic hydroxyl groups is 1. The van der Waals surface area contributed by atoms with Gasteiger partial charge in [-0.25, -0.2) is 4.79 Å². The van der Waals surface area contributed by atoms with Gasteiger partial charge in [0.15, 0.2) is 0 Å². The highest BCUT2D eigenvalue weighted by atomic mass is 32.2. The lowest BCUT2D eigenvalue weighted by Crippen LogP contribution is -2.39. The fraction of sp³-hybridized carbons (Fsp3) is 0.565. The molecule has 1 aliphatic heterocycles. The zero-order chi connectivity index (χ0) is 22.8. The molecule has 0 aliphatic carbocycles. The second-order valence-electron chi connectivity index (χ2n) is 8.52. The van der Waals surface area contributed by atoms with E-state index in [4.69, 9.17) is 13.9 Å². The van der Waals surface area contributed by atoms with Crippen LogP contribution in [0.4, 0.5) is 0 Å². The minimum atomic E-state index is -0.537. The highest BCUT2D eigenvalue weighted by molar-refractivity contribution is 7.98. The Bertz CT molecular complexity index is 1030. The molecule has 1 aromatic carbocycles. The Balaban J connectivity index is 2.00. The van der Waals surface area contributed by atoms with E-state index >= 15 is 0 Å². The van der Waals surface area contributed by atoms with Crippen LogP contribution in [0.25, 0.3) is 11.0 Å². The molecule has 0 bridgehead atoms. The van der Waals surface area contributed by atoms with Crippen LogP contribution >= 0.6 is 11.8 Å². The maximum absolute atomic E-state index is 12.8. The van der Waals surface area contributed by atoms with Gasteiger partial charge >= 0.3 is 5.63 Å². The molecule has 0 saturated heterocycles. The molecule has 2 heterocycles. The summed E-state index contributed by atoms with van der Waals surface area (Å²) in [6.45, 7) is 5.71. The summed E-state index contributed by atoms with van der Waals surface area (Å²) in [5.41, 5.74) is 1.43. The van der Waals surface area contributed by atoms with E-state index in [9.17, 15) is 14.7 Å². The molecule has 1 unspecified atom stereocenters. The fourth-order valence-corrected chi connectivity index (χ4v) is 4.48. The molecule has 1 amide bonds. The number of thioether (sulfide) groups is 1. The van der Waals surface area contributed by atoms with Crippen molar-refractivity contribution in [2.75, 3.05) is 25.7 Å². The highest BCUT2D eigenvalue weighted by Crippen LogP contribution is 2.43. The van der Waals surface area contributed by atoms with Crippen LogP contribution in [0.5, 0.6) is 11.5 Å². The lowest BCUT2D eigenvalue weighted by Gasteiger charge is -2.33. The Labute approximate surface area is 186 Å². The molecule has 0 radical (unpaired) electrons. The van der Waals surface area contributed by atoms with Crippen LogP contribution in [0.15, 0.2) is 15.3 Å². The number of rotatable bonds is 8. The van der Waals surface area contributed by atoms with Crippen LogP contribution in [-0.2, 0) is 17.6 Å². The summed E-state index contributed by atoms with van der Waals surface area (Å²) >= 11 is 1.65. The van der Waals surface area contributed by atoms with E-state index in [2.05, 4.69) is 5.32 Å². The first kappa shape index (κ1) is 23.5. The standard InChI is InChI=1S/C23H31NO6S/c1-13-16(10-19(26)24-14(12-25)7-9-31-5)22(27)29-21-15-6-8-23(2,3)30-17(15)11-18(28-4)20(13)21/h11,14,25H,6-10,12H2,1-5H3,(H,24,26). The Kier molecular flexibility index (Phi) is 7.21. The minimum absolute atomic E-state index is 0.121. The molecule has 8 heteroatoms. The molecule has 1 aromatic heterocycles. The van der Waals surface area contributed by atoms with Gasteiger partial charge in [0, 0.05) is 11.6 Å². The number of carbonyl (C=O) groups excluding carboxylic acids is 1. The van der Waals surface area contributed by atoms with E-state index in [1.807, 2.05) is 33.1 Å². The summed E-state index contributed by atoms with van der Waals surface area (Å²) in [5.74, 6) is 1.71. The van der Waals surface area contributed by atoms with Crippen molar-refractivity contribution in [2.45, 2.75) is 58.1 Å². The Morgan fingerprint density at radius 1 is 1.42 bits per heavy atom.